The Morgan fingerprint density at radius 1 is 0.848 bits per heavy atom. The number of hydrogen-bond acceptors (Lipinski definition) is 7. The Hall–Kier alpha value is -4.26. The first-order valence-electron chi connectivity index (χ1n) is 10.6. The summed E-state index contributed by atoms with van der Waals surface area (Å²) in [5.41, 5.74) is 2.87. The third-order valence-corrected chi connectivity index (χ3v) is 5.66. The number of para-hydroxylation sites is 2. The second-order valence-corrected chi connectivity index (χ2v) is 7.76. The average Bonchev–Trinajstić information content (AvgIpc) is 3.34. The van der Waals surface area contributed by atoms with Crippen molar-refractivity contribution in [3.05, 3.63) is 89.6 Å². The number of ether oxygens (including phenoxy) is 4. The van der Waals surface area contributed by atoms with Gasteiger partial charge in [-0.05, 0) is 30.3 Å². The molecule has 164 valence electrons. The SMILES string of the molecule is O=C(OCc1cc(-c2ccc3c(c2)OCCO3)on1)C1c2ccccc2Oc2ccccc21. The molecule has 7 nitrogen and oxygen atoms in total. The molecule has 7 heteroatoms. The molecule has 0 radical (unpaired) electrons. The number of fused-ring (bicyclic) bond motifs is 3. The summed E-state index contributed by atoms with van der Waals surface area (Å²) in [6.07, 6.45) is 0. The first-order valence-corrected chi connectivity index (χ1v) is 10.6. The number of rotatable bonds is 4. The molecule has 0 aliphatic carbocycles. The van der Waals surface area contributed by atoms with Crippen molar-refractivity contribution < 1.29 is 28.3 Å². The highest BCUT2D eigenvalue weighted by Crippen LogP contribution is 2.44. The Balaban J connectivity index is 1.21. The van der Waals surface area contributed by atoms with Crippen molar-refractivity contribution in [1.29, 1.82) is 0 Å². The maximum Gasteiger partial charge on any atom is 0.318 e. The quantitative estimate of drug-likeness (QED) is 0.408. The summed E-state index contributed by atoms with van der Waals surface area (Å²) in [7, 11) is 0. The molecule has 6 rings (SSSR count). The van der Waals surface area contributed by atoms with Crippen LogP contribution in [0.5, 0.6) is 23.0 Å². The van der Waals surface area contributed by atoms with E-state index in [2.05, 4.69) is 5.16 Å². The molecule has 0 unspecified atom stereocenters. The van der Waals surface area contributed by atoms with E-state index in [0.717, 1.165) is 16.7 Å². The highest BCUT2D eigenvalue weighted by molar-refractivity contribution is 5.85. The van der Waals surface area contributed by atoms with Gasteiger partial charge in [0.2, 0.25) is 0 Å². The number of esters is 1. The molecule has 0 N–H and O–H groups in total. The molecule has 4 aromatic rings. The van der Waals surface area contributed by atoms with Gasteiger partial charge in [-0.3, -0.25) is 4.79 Å². The smallest absolute Gasteiger partial charge is 0.318 e. The van der Waals surface area contributed by atoms with E-state index >= 15 is 0 Å². The van der Waals surface area contributed by atoms with Gasteiger partial charge in [0.05, 0.1) is 0 Å². The zero-order chi connectivity index (χ0) is 22.2. The van der Waals surface area contributed by atoms with E-state index in [1.165, 1.54) is 0 Å². The summed E-state index contributed by atoms with van der Waals surface area (Å²) in [6.45, 7) is 1.04. The summed E-state index contributed by atoms with van der Waals surface area (Å²) in [4.78, 5) is 13.2. The highest BCUT2D eigenvalue weighted by atomic mass is 16.6. The molecule has 3 aromatic carbocycles. The molecule has 0 amide bonds. The van der Waals surface area contributed by atoms with Gasteiger partial charge in [-0.25, -0.2) is 0 Å². The van der Waals surface area contributed by atoms with Gasteiger partial charge in [-0.2, -0.15) is 0 Å². The summed E-state index contributed by atoms with van der Waals surface area (Å²) in [5, 5.41) is 4.06. The third kappa shape index (κ3) is 3.57. The van der Waals surface area contributed by atoms with Gasteiger partial charge in [0, 0.05) is 22.8 Å². The van der Waals surface area contributed by atoms with Crippen LogP contribution in [-0.2, 0) is 16.1 Å². The van der Waals surface area contributed by atoms with Crippen LogP contribution in [0.4, 0.5) is 0 Å². The molecule has 2 aliphatic heterocycles. The van der Waals surface area contributed by atoms with Crippen molar-refractivity contribution in [1.82, 2.24) is 5.16 Å². The lowest BCUT2D eigenvalue weighted by Crippen LogP contribution is -2.21. The number of carbonyl (C=O) groups is 1. The minimum Gasteiger partial charge on any atom is -0.486 e. The van der Waals surface area contributed by atoms with Crippen molar-refractivity contribution >= 4 is 5.97 Å². The molecule has 2 aliphatic rings. The number of benzene rings is 3. The number of hydrogen-bond donors (Lipinski definition) is 0. The average molecular weight is 441 g/mol. The maximum absolute atomic E-state index is 13.2. The Bertz CT molecular complexity index is 1300. The van der Waals surface area contributed by atoms with Gasteiger partial charge in [0.1, 0.15) is 42.9 Å². The van der Waals surface area contributed by atoms with Crippen LogP contribution in [0.1, 0.15) is 22.7 Å². The minimum absolute atomic E-state index is 0.00538. The predicted molar refractivity (Wildman–Crippen MR) is 118 cm³/mol. The molecule has 0 fully saturated rings. The standard InChI is InChI=1S/C26H19NO6/c28-26(25-18-5-1-3-7-20(18)32-21-8-4-2-6-19(21)25)31-15-17-14-23(33-27-17)16-9-10-22-24(13-16)30-12-11-29-22/h1-10,13-14,25H,11-12,15H2. The summed E-state index contributed by atoms with van der Waals surface area (Å²) in [5.74, 6) is 2.29. The Labute approximate surface area is 189 Å². The van der Waals surface area contributed by atoms with E-state index in [9.17, 15) is 4.79 Å². The summed E-state index contributed by atoms with van der Waals surface area (Å²) >= 11 is 0. The largest absolute Gasteiger partial charge is 0.486 e. The molecule has 0 saturated heterocycles. The van der Waals surface area contributed by atoms with Crippen molar-refractivity contribution in [2.45, 2.75) is 12.5 Å². The zero-order valence-electron chi connectivity index (χ0n) is 17.5. The summed E-state index contributed by atoms with van der Waals surface area (Å²) in [6, 6.07) is 22.3. The predicted octanol–water partition coefficient (Wildman–Crippen LogP) is 5.09. The van der Waals surface area contributed by atoms with Crippen LogP contribution in [0.25, 0.3) is 11.3 Å². The van der Waals surface area contributed by atoms with Gasteiger partial charge in [0.25, 0.3) is 0 Å². The molecule has 3 heterocycles. The van der Waals surface area contributed by atoms with Crippen LogP contribution in [0.3, 0.4) is 0 Å². The third-order valence-electron chi connectivity index (χ3n) is 5.66. The van der Waals surface area contributed by atoms with E-state index in [1.807, 2.05) is 66.7 Å². The second kappa shape index (κ2) is 8.02. The molecule has 33 heavy (non-hydrogen) atoms. The molecule has 0 bridgehead atoms. The lowest BCUT2D eigenvalue weighted by Gasteiger charge is -2.26. The van der Waals surface area contributed by atoms with E-state index in [0.29, 0.717) is 47.7 Å². The number of aromatic nitrogens is 1. The van der Waals surface area contributed by atoms with Gasteiger partial charge in [-0.1, -0.05) is 41.6 Å². The van der Waals surface area contributed by atoms with Crippen LogP contribution in [-0.4, -0.2) is 24.3 Å². The molecular formula is C26H19NO6. The normalized spacial score (nSPS) is 14.1. The van der Waals surface area contributed by atoms with Crippen LogP contribution >= 0.6 is 0 Å². The second-order valence-electron chi connectivity index (χ2n) is 7.76. The first-order chi connectivity index (χ1) is 16.3. The van der Waals surface area contributed by atoms with Crippen molar-refractivity contribution in [2.24, 2.45) is 0 Å². The zero-order valence-corrected chi connectivity index (χ0v) is 17.5. The van der Waals surface area contributed by atoms with E-state index in [4.69, 9.17) is 23.5 Å². The van der Waals surface area contributed by atoms with Crippen molar-refractivity contribution in [3.8, 4) is 34.3 Å². The topological polar surface area (TPSA) is 80.0 Å². The Morgan fingerprint density at radius 3 is 2.30 bits per heavy atom. The van der Waals surface area contributed by atoms with E-state index in [-0.39, 0.29) is 12.6 Å². The fourth-order valence-corrected chi connectivity index (χ4v) is 4.10. The Kier molecular flexibility index (Phi) is 4.72. The lowest BCUT2D eigenvalue weighted by molar-refractivity contribution is -0.146. The fraction of sp³-hybridized carbons (Fsp3) is 0.154. The molecular weight excluding hydrogens is 422 g/mol. The molecule has 0 atom stereocenters. The first kappa shape index (κ1) is 19.4. The minimum atomic E-state index is -0.574. The molecule has 0 saturated carbocycles. The van der Waals surface area contributed by atoms with Gasteiger partial charge in [-0.15, -0.1) is 0 Å². The molecule has 1 aromatic heterocycles. The van der Waals surface area contributed by atoms with Crippen molar-refractivity contribution in [2.75, 3.05) is 13.2 Å². The van der Waals surface area contributed by atoms with Crippen LogP contribution in [0, 0.1) is 0 Å². The van der Waals surface area contributed by atoms with Gasteiger partial charge in [0.15, 0.2) is 17.3 Å². The highest BCUT2D eigenvalue weighted by Gasteiger charge is 2.33. The monoisotopic (exact) mass is 441 g/mol. The van der Waals surface area contributed by atoms with Crippen LogP contribution in [0.15, 0.2) is 77.3 Å². The number of carbonyl (C=O) groups excluding carboxylic acids is 1. The van der Waals surface area contributed by atoms with Gasteiger partial charge >= 0.3 is 5.97 Å². The van der Waals surface area contributed by atoms with E-state index < -0.39 is 5.92 Å². The Morgan fingerprint density at radius 2 is 1.55 bits per heavy atom. The van der Waals surface area contributed by atoms with Crippen LogP contribution < -0.4 is 14.2 Å². The van der Waals surface area contributed by atoms with Crippen LogP contribution in [0.2, 0.25) is 0 Å². The molecule has 0 spiro atoms. The summed E-state index contributed by atoms with van der Waals surface area (Å²) < 4.78 is 28.3. The number of nitrogens with zero attached hydrogens (tertiary/aromatic N) is 1. The van der Waals surface area contributed by atoms with Crippen molar-refractivity contribution in [3.63, 3.8) is 0 Å². The fourth-order valence-electron chi connectivity index (χ4n) is 4.10. The van der Waals surface area contributed by atoms with E-state index in [1.54, 1.807) is 6.07 Å². The lowest BCUT2D eigenvalue weighted by atomic mass is 9.88. The van der Waals surface area contributed by atoms with Gasteiger partial charge < -0.3 is 23.5 Å². The maximum atomic E-state index is 13.2.